The second kappa shape index (κ2) is 5.01. The summed E-state index contributed by atoms with van der Waals surface area (Å²) in [4.78, 5) is 9.40. The maximum Gasteiger partial charge on any atom is 0.147 e. The Hall–Kier alpha value is -0.820. The monoisotopic (exact) mass is 299 g/mol. The number of nitrogens with two attached hydrogens (primary N) is 1. The number of aliphatic hydroxyl groups excluding tert-OH is 1. The third-order valence-electron chi connectivity index (χ3n) is 2.03. The summed E-state index contributed by atoms with van der Waals surface area (Å²) in [5.41, 5.74) is 6.49. The van der Waals surface area contributed by atoms with Crippen LogP contribution in [0.5, 0.6) is 0 Å². The van der Waals surface area contributed by atoms with Crippen LogP contribution in [0.25, 0.3) is 10.6 Å². The molecule has 3 N–H and O–H groups in total. The molecule has 0 saturated heterocycles. The molecule has 16 heavy (non-hydrogen) atoms. The van der Waals surface area contributed by atoms with Gasteiger partial charge in [-0.2, -0.15) is 0 Å². The number of hydrogen-bond acceptors (Lipinski definition) is 5. The summed E-state index contributed by atoms with van der Waals surface area (Å²) in [6, 6.07) is 5.24. The fourth-order valence-electron chi connectivity index (χ4n) is 1.22. The van der Waals surface area contributed by atoms with E-state index < -0.39 is 6.04 Å². The molecule has 0 aliphatic heterocycles. The third-order valence-corrected chi connectivity index (χ3v) is 3.67. The lowest BCUT2D eigenvalue weighted by molar-refractivity contribution is 0.263. The molecule has 2 aromatic heterocycles. The number of rotatable bonds is 3. The molecule has 0 aliphatic rings. The van der Waals surface area contributed by atoms with Gasteiger partial charge < -0.3 is 10.8 Å². The number of thiophene rings is 1. The molecule has 0 bridgehead atoms. The van der Waals surface area contributed by atoms with Gasteiger partial charge in [-0.25, -0.2) is 9.97 Å². The molecule has 0 aromatic carbocycles. The van der Waals surface area contributed by atoms with Crippen LogP contribution in [0.4, 0.5) is 0 Å². The van der Waals surface area contributed by atoms with Crippen molar-refractivity contribution in [1.29, 1.82) is 0 Å². The number of aromatic nitrogens is 2. The summed E-state index contributed by atoms with van der Waals surface area (Å²) in [5.74, 6) is 0.463. The van der Waals surface area contributed by atoms with Gasteiger partial charge in [0, 0.05) is 6.20 Å². The van der Waals surface area contributed by atoms with E-state index in [-0.39, 0.29) is 6.61 Å². The van der Waals surface area contributed by atoms with Crippen LogP contribution < -0.4 is 5.73 Å². The lowest BCUT2D eigenvalue weighted by Gasteiger charge is -2.06. The van der Waals surface area contributed by atoms with Crippen molar-refractivity contribution in [3.05, 3.63) is 34.0 Å². The first-order valence-corrected chi connectivity index (χ1v) is 6.26. The van der Waals surface area contributed by atoms with Crippen molar-refractivity contribution in [2.75, 3.05) is 6.61 Å². The van der Waals surface area contributed by atoms with Gasteiger partial charge in [-0.15, -0.1) is 11.3 Å². The van der Waals surface area contributed by atoms with Gasteiger partial charge in [0.1, 0.15) is 5.82 Å². The predicted molar refractivity (Wildman–Crippen MR) is 67.1 cm³/mol. The van der Waals surface area contributed by atoms with Crippen LogP contribution in [0.3, 0.4) is 0 Å². The van der Waals surface area contributed by atoms with E-state index in [9.17, 15) is 0 Å². The zero-order chi connectivity index (χ0) is 11.5. The van der Waals surface area contributed by atoms with Crippen LogP contribution in [0, 0.1) is 0 Å². The maximum atomic E-state index is 8.94. The normalized spacial score (nSPS) is 12.7. The van der Waals surface area contributed by atoms with Gasteiger partial charge >= 0.3 is 0 Å². The summed E-state index contributed by atoms with van der Waals surface area (Å²) in [5, 5.41) is 8.94. The fraction of sp³-hybridized carbons (Fsp3) is 0.200. The van der Waals surface area contributed by atoms with E-state index in [1.807, 2.05) is 18.2 Å². The highest BCUT2D eigenvalue weighted by Gasteiger charge is 2.10. The molecule has 0 aliphatic carbocycles. The maximum absolute atomic E-state index is 8.94. The highest BCUT2D eigenvalue weighted by molar-refractivity contribution is 9.11. The van der Waals surface area contributed by atoms with Crippen molar-refractivity contribution >= 4 is 27.3 Å². The topological polar surface area (TPSA) is 72.0 Å². The zero-order valence-corrected chi connectivity index (χ0v) is 10.7. The number of aliphatic hydroxyl groups is 1. The fourth-order valence-corrected chi connectivity index (χ4v) is 2.58. The summed E-state index contributed by atoms with van der Waals surface area (Å²) in [6.45, 7) is -0.155. The van der Waals surface area contributed by atoms with Crippen molar-refractivity contribution in [2.24, 2.45) is 5.73 Å². The first-order chi connectivity index (χ1) is 7.70. The minimum Gasteiger partial charge on any atom is -0.394 e. The quantitative estimate of drug-likeness (QED) is 0.909. The van der Waals surface area contributed by atoms with E-state index in [1.165, 1.54) is 0 Å². The minimum atomic E-state index is -0.525. The van der Waals surface area contributed by atoms with Gasteiger partial charge in [0.25, 0.3) is 0 Å². The molecule has 1 unspecified atom stereocenters. The Bertz CT molecular complexity index is 488. The smallest absolute Gasteiger partial charge is 0.147 e. The van der Waals surface area contributed by atoms with E-state index in [1.54, 1.807) is 17.5 Å². The molecule has 1 atom stereocenters. The van der Waals surface area contributed by atoms with Crippen molar-refractivity contribution in [1.82, 2.24) is 9.97 Å². The Morgan fingerprint density at radius 3 is 2.88 bits per heavy atom. The molecule has 2 heterocycles. The number of halogens is 1. The van der Waals surface area contributed by atoms with Crippen molar-refractivity contribution < 1.29 is 5.11 Å². The van der Waals surface area contributed by atoms with Crippen LogP contribution in [0.15, 0.2) is 28.2 Å². The lowest BCUT2D eigenvalue weighted by atomic mass is 10.3. The number of nitrogens with zero attached hydrogens (tertiary/aromatic N) is 2. The molecule has 2 aromatic rings. The second-order valence-corrected chi connectivity index (χ2v) is 5.66. The van der Waals surface area contributed by atoms with Crippen LogP contribution in [0.2, 0.25) is 0 Å². The average molecular weight is 300 g/mol. The van der Waals surface area contributed by atoms with Gasteiger partial charge in [0.05, 0.1) is 27.0 Å². The van der Waals surface area contributed by atoms with E-state index in [4.69, 9.17) is 10.8 Å². The molecule has 0 radical (unpaired) electrons. The molecule has 0 spiro atoms. The summed E-state index contributed by atoms with van der Waals surface area (Å²) >= 11 is 4.99. The van der Waals surface area contributed by atoms with E-state index in [0.717, 1.165) is 14.4 Å². The molecule has 0 amide bonds. The molecule has 84 valence electrons. The van der Waals surface area contributed by atoms with E-state index >= 15 is 0 Å². The molecular weight excluding hydrogens is 290 g/mol. The Labute approximate surface area is 105 Å². The van der Waals surface area contributed by atoms with Gasteiger partial charge in [-0.1, -0.05) is 0 Å². The summed E-state index contributed by atoms with van der Waals surface area (Å²) in [7, 11) is 0. The molecule has 6 heteroatoms. The van der Waals surface area contributed by atoms with Crippen molar-refractivity contribution in [3.8, 4) is 10.6 Å². The van der Waals surface area contributed by atoms with Crippen LogP contribution in [-0.4, -0.2) is 21.7 Å². The van der Waals surface area contributed by atoms with E-state index in [2.05, 4.69) is 25.9 Å². The number of hydrogen-bond donors (Lipinski definition) is 2. The first kappa shape index (κ1) is 11.7. The van der Waals surface area contributed by atoms with E-state index in [0.29, 0.717) is 5.82 Å². The second-order valence-electron chi connectivity index (χ2n) is 3.19. The highest BCUT2D eigenvalue weighted by atomic mass is 79.9. The lowest BCUT2D eigenvalue weighted by Crippen LogP contribution is -2.17. The van der Waals surface area contributed by atoms with Crippen LogP contribution in [0.1, 0.15) is 11.9 Å². The highest BCUT2D eigenvalue weighted by Crippen LogP contribution is 2.30. The standard InChI is InChI=1S/C10H10BrN3OS/c11-9-2-1-8(16-9)7-3-4-13-10(14-7)6(12)5-15/h1-4,6,15H,5,12H2. The van der Waals surface area contributed by atoms with Gasteiger partial charge in [-0.05, 0) is 34.1 Å². The van der Waals surface area contributed by atoms with Gasteiger partial charge in [0.15, 0.2) is 0 Å². The van der Waals surface area contributed by atoms with Gasteiger partial charge in [-0.3, -0.25) is 0 Å². The Balaban J connectivity index is 2.36. The Kier molecular flexibility index (Phi) is 3.65. The van der Waals surface area contributed by atoms with Crippen LogP contribution in [-0.2, 0) is 0 Å². The Morgan fingerprint density at radius 2 is 2.25 bits per heavy atom. The summed E-state index contributed by atoms with van der Waals surface area (Å²) in [6.07, 6.45) is 1.65. The average Bonchev–Trinajstić information content (AvgIpc) is 2.75. The largest absolute Gasteiger partial charge is 0.394 e. The Morgan fingerprint density at radius 1 is 1.44 bits per heavy atom. The third kappa shape index (κ3) is 2.46. The molecule has 0 saturated carbocycles. The molecular formula is C10H10BrN3OS. The van der Waals surface area contributed by atoms with Gasteiger partial charge in [0.2, 0.25) is 0 Å². The predicted octanol–water partition coefficient (Wildman–Crippen LogP) is 1.96. The van der Waals surface area contributed by atoms with Crippen LogP contribution >= 0.6 is 27.3 Å². The SMILES string of the molecule is NC(CO)c1nccc(-c2ccc(Br)s2)n1. The summed E-state index contributed by atoms with van der Waals surface area (Å²) < 4.78 is 1.05. The minimum absolute atomic E-state index is 0.155. The molecule has 2 rings (SSSR count). The zero-order valence-electron chi connectivity index (χ0n) is 8.30. The van der Waals surface area contributed by atoms with Crippen molar-refractivity contribution in [2.45, 2.75) is 6.04 Å². The first-order valence-electron chi connectivity index (χ1n) is 4.66. The molecule has 0 fully saturated rings. The van der Waals surface area contributed by atoms with Crippen molar-refractivity contribution in [3.63, 3.8) is 0 Å². The molecule has 4 nitrogen and oxygen atoms in total.